The molecular formula is C12H24N2O7. The third kappa shape index (κ3) is 6.14. The van der Waals surface area contributed by atoms with E-state index in [-0.39, 0.29) is 6.42 Å². The van der Waals surface area contributed by atoms with Crippen molar-refractivity contribution in [2.45, 2.75) is 49.7 Å². The number of nitrogens with two attached hydrogens (primary N) is 2. The molecule has 0 aromatic carbocycles. The summed E-state index contributed by atoms with van der Waals surface area (Å²) in [5, 5.41) is 46.3. The van der Waals surface area contributed by atoms with E-state index in [0.717, 1.165) is 0 Å². The first kappa shape index (κ1) is 18.1. The van der Waals surface area contributed by atoms with Gasteiger partial charge in [-0.25, -0.2) is 0 Å². The molecule has 124 valence electrons. The highest BCUT2D eigenvalue weighted by atomic mass is 16.4. The predicted molar refractivity (Wildman–Crippen MR) is 72.0 cm³/mol. The lowest BCUT2D eigenvalue weighted by molar-refractivity contribution is -0.154. The predicted octanol–water partition coefficient (Wildman–Crippen LogP) is -3.98. The summed E-state index contributed by atoms with van der Waals surface area (Å²) in [7, 11) is 0. The Labute approximate surface area is 123 Å². The number of rotatable bonds is 12. The Kier molecular flexibility index (Phi) is 8.54. The molecule has 0 unspecified atom stereocenters. The zero-order valence-corrected chi connectivity index (χ0v) is 11.6. The molecule has 0 bridgehead atoms. The van der Waals surface area contributed by atoms with Crippen molar-refractivity contribution in [3.63, 3.8) is 0 Å². The highest BCUT2D eigenvalue weighted by Crippen LogP contribution is 2.08. The van der Waals surface area contributed by atoms with Crippen LogP contribution >= 0.6 is 0 Å². The number of carbonyl (C=O) groups is 2. The van der Waals surface area contributed by atoms with Gasteiger partial charge in [0.15, 0.2) is 0 Å². The van der Waals surface area contributed by atoms with Crippen LogP contribution in [-0.4, -0.2) is 80.7 Å². The molecule has 0 rings (SSSR count). The van der Waals surface area contributed by atoms with Crippen molar-refractivity contribution in [1.29, 1.82) is 0 Å². The summed E-state index contributed by atoms with van der Waals surface area (Å²) in [6.07, 6.45) is -6.97. The van der Waals surface area contributed by atoms with Crippen molar-refractivity contribution in [3.8, 4) is 0 Å². The number of aliphatic hydroxyl groups excluding tert-OH is 5. The summed E-state index contributed by atoms with van der Waals surface area (Å²) in [6.45, 7) is -0.511. The number of hydrogen-bond donors (Lipinski definition) is 7. The van der Waals surface area contributed by atoms with Gasteiger partial charge in [-0.3, -0.25) is 9.59 Å². The fourth-order valence-corrected chi connectivity index (χ4v) is 1.62. The summed E-state index contributed by atoms with van der Waals surface area (Å²) in [5.74, 6) is -2.52. The van der Waals surface area contributed by atoms with Crippen molar-refractivity contribution < 1.29 is 36.5 Å². The second kappa shape index (κ2) is 9.90. The summed E-state index contributed by atoms with van der Waals surface area (Å²) in [6, 6.07) is -1.17. The van der Waals surface area contributed by atoms with Crippen LogP contribution in [0.25, 0.3) is 0 Å². The van der Waals surface area contributed by atoms with Gasteiger partial charge in [-0.05, 0) is 19.4 Å². The van der Waals surface area contributed by atoms with E-state index >= 15 is 0 Å². The van der Waals surface area contributed by atoms with Crippen molar-refractivity contribution in [1.82, 2.24) is 0 Å². The van der Waals surface area contributed by atoms with E-state index in [0.29, 0.717) is 19.4 Å². The second-order valence-corrected chi connectivity index (χ2v) is 4.74. The molecular weight excluding hydrogens is 284 g/mol. The molecule has 0 aliphatic heterocycles. The number of ketones is 2. The number of carbonyl (C=O) groups excluding carboxylic acids is 2. The van der Waals surface area contributed by atoms with Gasteiger partial charge in [0, 0.05) is 0 Å². The summed E-state index contributed by atoms with van der Waals surface area (Å²) >= 11 is 0. The molecule has 0 saturated heterocycles. The van der Waals surface area contributed by atoms with E-state index in [2.05, 4.69) is 0 Å². The lowest BCUT2D eigenvalue weighted by Crippen LogP contribution is -2.52. The van der Waals surface area contributed by atoms with Gasteiger partial charge >= 0.3 is 0 Å². The first-order chi connectivity index (χ1) is 10.3. The SMILES string of the molecule is [2H]N[C@@H](CCCCN)C(=O)C(=O)[C@H](O)[C@@H](O)[C@H](O)[C@H](O)CO. The zero-order chi connectivity index (χ0) is 17.3. The monoisotopic (exact) mass is 309 g/mol. The van der Waals surface area contributed by atoms with Crippen LogP contribution in [0.2, 0.25) is 1.41 Å². The van der Waals surface area contributed by atoms with Crippen molar-refractivity contribution >= 4 is 11.6 Å². The highest BCUT2D eigenvalue weighted by Gasteiger charge is 2.37. The normalized spacial score (nSPS) is 19.2. The third-order valence-electron chi connectivity index (χ3n) is 3.03. The minimum Gasteiger partial charge on any atom is -0.394 e. The van der Waals surface area contributed by atoms with Crippen LogP contribution in [0, 0.1) is 0 Å². The lowest BCUT2D eigenvalue weighted by atomic mass is 9.94. The van der Waals surface area contributed by atoms with Crippen molar-refractivity contribution in [2.24, 2.45) is 11.5 Å². The van der Waals surface area contributed by atoms with Crippen LogP contribution in [0.15, 0.2) is 0 Å². The number of hydrogen-bond acceptors (Lipinski definition) is 9. The molecule has 9 nitrogen and oxygen atoms in total. The minimum absolute atomic E-state index is 0.149. The standard InChI is InChI=1S/C12H24N2O7/c13-4-2-1-3-6(14)8(17)10(19)12(21)11(20)9(18)7(16)5-15/h6-7,9,11-12,15-16,18,20-21H,1-5,13-14H2/t6-,7+,9+,11-,12-/m0/s1/i/hD. The van der Waals surface area contributed by atoms with Gasteiger partial charge in [0.05, 0.1) is 12.6 Å². The average molecular weight is 309 g/mol. The molecule has 9 N–H and O–H groups in total. The average Bonchev–Trinajstić information content (AvgIpc) is 2.54. The molecule has 0 saturated carbocycles. The molecule has 0 aromatic heterocycles. The Balaban J connectivity index is 4.73. The van der Waals surface area contributed by atoms with Gasteiger partial charge in [-0.15, -0.1) is 0 Å². The van der Waals surface area contributed by atoms with Gasteiger partial charge in [0.25, 0.3) is 0 Å². The van der Waals surface area contributed by atoms with E-state index in [1.54, 1.807) is 0 Å². The van der Waals surface area contributed by atoms with Crippen LogP contribution in [0.5, 0.6) is 0 Å². The molecule has 0 fully saturated rings. The van der Waals surface area contributed by atoms with Crippen LogP contribution < -0.4 is 11.5 Å². The van der Waals surface area contributed by atoms with Crippen LogP contribution in [0.3, 0.4) is 0 Å². The van der Waals surface area contributed by atoms with Gasteiger partial charge in [-0.2, -0.15) is 0 Å². The van der Waals surface area contributed by atoms with E-state index in [1.165, 1.54) is 0 Å². The Morgan fingerprint density at radius 3 is 2.14 bits per heavy atom. The maximum Gasteiger partial charge on any atom is 0.231 e. The Morgan fingerprint density at radius 2 is 1.67 bits per heavy atom. The molecule has 0 aliphatic rings. The molecule has 0 heterocycles. The van der Waals surface area contributed by atoms with Gasteiger partial charge in [-0.1, -0.05) is 6.42 Å². The zero-order valence-electron chi connectivity index (χ0n) is 12.6. The van der Waals surface area contributed by atoms with E-state index < -0.39 is 48.6 Å². The Bertz CT molecular complexity index is 358. The molecule has 5 atom stereocenters. The summed E-state index contributed by atoms with van der Waals surface area (Å²) in [5.41, 5.74) is 7.18. The maximum absolute atomic E-state index is 11.8. The van der Waals surface area contributed by atoms with E-state index in [1.807, 2.05) is 5.73 Å². The molecule has 21 heavy (non-hydrogen) atoms. The number of unbranched alkanes of at least 4 members (excludes halogenated alkanes) is 1. The topological polar surface area (TPSA) is 187 Å². The quantitative estimate of drug-likeness (QED) is 0.139. The largest absolute Gasteiger partial charge is 0.394 e. The molecule has 9 heteroatoms. The molecule has 0 aliphatic carbocycles. The maximum atomic E-state index is 11.8. The molecule has 0 aromatic rings. The smallest absolute Gasteiger partial charge is 0.231 e. The van der Waals surface area contributed by atoms with Crippen LogP contribution in [0.4, 0.5) is 0 Å². The molecule has 0 spiro atoms. The Morgan fingerprint density at radius 1 is 1.05 bits per heavy atom. The third-order valence-corrected chi connectivity index (χ3v) is 3.03. The van der Waals surface area contributed by atoms with E-state index in [4.69, 9.17) is 17.4 Å². The first-order valence-electron chi connectivity index (χ1n) is 7.10. The van der Waals surface area contributed by atoms with E-state index in [9.17, 15) is 24.9 Å². The van der Waals surface area contributed by atoms with Crippen LogP contribution in [-0.2, 0) is 9.59 Å². The van der Waals surface area contributed by atoms with Gasteiger partial charge in [0.1, 0.15) is 25.8 Å². The fraction of sp³-hybridized carbons (Fsp3) is 0.833. The minimum atomic E-state index is -2.27. The number of Topliss-reactive ketones (excluding diaryl/α,β-unsaturated/α-hetero) is 2. The lowest BCUT2D eigenvalue weighted by Gasteiger charge is -2.25. The number of aliphatic hydroxyl groups is 5. The van der Waals surface area contributed by atoms with Crippen molar-refractivity contribution in [2.75, 3.05) is 13.2 Å². The fourth-order valence-electron chi connectivity index (χ4n) is 1.62. The summed E-state index contributed by atoms with van der Waals surface area (Å²) in [4.78, 5) is 23.6. The van der Waals surface area contributed by atoms with Crippen molar-refractivity contribution in [3.05, 3.63) is 0 Å². The Hall–Kier alpha value is -0.940. The van der Waals surface area contributed by atoms with Crippen LogP contribution in [0.1, 0.15) is 19.3 Å². The van der Waals surface area contributed by atoms with Gasteiger partial charge in [0.2, 0.25) is 11.6 Å². The second-order valence-electron chi connectivity index (χ2n) is 4.74. The first-order valence-corrected chi connectivity index (χ1v) is 6.60. The highest BCUT2D eigenvalue weighted by molar-refractivity contribution is 6.40. The molecule has 0 radical (unpaired) electrons. The molecule has 0 amide bonds. The summed E-state index contributed by atoms with van der Waals surface area (Å²) < 4.78 is 7.03. The van der Waals surface area contributed by atoms with Gasteiger partial charge < -0.3 is 37.0 Å².